The minimum absolute atomic E-state index is 0. The van der Waals surface area contributed by atoms with Crippen LogP contribution >= 0.6 is 0 Å². The van der Waals surface area contributed by atoms with Crippen LogP contribution in [0.4, 0.5) is 5.69 Å². The Balaban J connectivity index is 0. The van der Waals surface area contributed by atoms with E-state index in [1.165, 1.54) is 0 Å². The fourth-order valence-electron chi connectivity index (χ4n) is 0.938. The first-order chi connectivity index (χ1) is 7.03. The molecule has 0 aliphatic carbocycles. The summed E-state index contributed by atoms with van der Waals surface area (Å²) in [5.74, 6) is -1.08. The molecule has 0 heterocycles. The first kappa shape index (κ1) is 22.2. The van der Waals surface area contributed by atoms with Gasteiger partial charge in [-0.3, -0.25) is 0 Å². The summed E-state index contributed by atoms with van der Waals surface area (Å²) in [6.07, 6.45) is 0. The van der Waals surface area contributed by atoms with E-state index in [-0.39, 0.29) is 109 Å². The zero-order valence-corrected chi connectivity index (χ0v) is 17.3. The Hall–Kier alpha value is 1.91. The molecule has 0 atom stereocenters. The molecule has 0 aliphatic heterocycles. The third-order valence-corrected chi connectivity index (χ3v) is 3.30. The topological polar surface area (TPSA) is 161 Å². The zero-order valence-electron chi connectivity index (χ0n) is 9.45. The minimum Gasteiger partial charge on any atom is -0.744 e. The molecule has 0 unspecified atom stereocenters. The van der Waals surface area contributed by atoms with Crippen molar-refractivity contribution < 1.29 is 134 Å². The minimum atomic E-state index is -5.12. The third kappa shape index (κ3) is 5.73. The van der Waals surface area contributed by atoms with Crippen molar-refractivity contribution >= 4 is 25.9 Å². The number of phenolic OH excluding ortho intramolecular Hbond substituents is 1. The maximum atomic E-state index is 10.6. The van der Waals surface area contributed by atoms with Gasteiger partial charge in [-0.25, -0.2) is 16.8 Å². The van der Waals surface area contributed by atoms with Gasteiger partial charge in [0.15, 0.2) is 5.75 Å². The Labute approximate surface area is 189 Å². The van der Waals surface area contributed by atoms with Gasteiger partial charge >= 0.3 is 103 Å². The van der Waals surface area contributed by atoms with Gasteiger partial charge in [-0.1, -0.05) is 0 Å². The van der Waals surface area contributed by atoms with E-state index in [2.05, 4.69) is 0 Å². The zero-order chi connectivity index (χ0) is 12.7. The second-order valence-corrected chi connectivity index (χ2v) is 5.50. The summed E-state index contributed by atoms with van der Waals surface area (Å²) in [4.78, 5) is -2.25. The van der Waals surface area contributed by atoms with E-state index < -0.39 is 41.5 Å². The second-order valence-electron chi connectivity index (χ2n) is 2.77. The van der Waals surface area contributed by atoms with Crippen molar-refractivity contribution in [2.24, 2.45) is 0 Å². The van der Waals surface area contributed by atoms with E-state index >= 15 is 0 Å². The molecule has 0 amide bonds. The van der Waals surface area contributed by atoms with Gasteiger partial charge in [0.1, 0.15) is 20.2 Å². The molecule has 8 nitrogen and oxygen atoms in total. The van der Waals surface area contributed by atoms with Gasteiger partial charge in [0.25, 0.3) is 0 Å². The van der Waals surface area contributed by atoms with Crippen molar-refractivity contribution in [3.8, 4) is 5.75 Å². The van der Waals surface area contributed by atoms with Gasteiger partial charge in [0, 0.05) is 0 Å². The Kier molecular flexibility index (Phi) is 9.61. The van der Waals surface area contributed by atoms with Gasteiger partial charge in [-0.2, -0.15) is 0 Å². The molecule has 0 aromatic heterocycles. The quantitative estimate of drug-likeness (QED) is 0.231. The molecule has 0 bridgehead atoms. The van der Waals surface area contributed by atoms with Gasteiger partial charge in [0.2, 0.25) is 0 Å². The summed E-state index contributed by atoms with van der Waals surface area (Å²) in [7, 11) is -10.1. The molecule has 1 aromatic rings. The number of anilines is 1. The van der Waals surface area contributed by atoms with Crippen LogP contribution in [0, 0.1) is 0 Å². The normalized spacial score (nSPS) is 11.2. The molecule has 3 N–H and O–H groups in total. The van der Waals surface area contributed by atoms with E-state index in [0.29, 0.717) is 6.07 Å². The number of nitrogen functional groups attached to an aromatic ring is 1. The molecule has 1 aromatic carbocycles. The van der Waals surface area contributed by atoms with E-state index in [1.54, 1.807) is 0 Å². The third-order valence-electron chi connectivity index (χ3n) is 1.64. The van der Waals surface area contributed by atoms with Crippen molar-refractivity contribution in [3.63, 3.8) is 0 Å². The Morgan fingerprint density at radius 1 is 1.00 bits per heavy atom. The number of phenols is 1. The van der Waals surface area contributed by atoms with Crippen LogP contribution in [0.3, 0.4) is 0 Å². The number of aromatic hydroxyl groups is 1. The molecule has 0 spiro atoms. The van der Waals surface area contributed by atoms with Crippen molar-refractivity contribution in [3.05, 3.63) is 12.1 Å². The first-order valence-electron chi connectivity index (χ1n) is 3.58. The average molecular weight is 345 g/mol. The fraction of sp³-hybridized carbons (Fsp3) is 0. The van der Waals surface area contributed by atoms with Gasteiger partial charge in [0.05, 0.1) is 15.5 Å². The number of rotatable bonds is 2. The van der Waals surface area contributed by atoms with E-state index in [9.17, 15) is 25.9 Å². The monoisotopic (exact) mass is 345 g/mol. The van der Waals surface area contributed by atoms with Crippen molar-refractivity contribution in [2.45, 2.75) is 9.79 Å². The van der Waals surface area contributed by atoms with Crippen LogP contribution in [0.5, 0.6) is 5.75 Å². The molecule has 0 aliphatic rings. The van der Waals surface area contributed by atoms with E-state index in [4.69, 9.17) is 10.8 Å². The maximum absolute atomic E-state index is 10.6. The molecular formula is C6H5K2NO7S2. The summed E-state index contributed by atoms with van der Waals surface area (Å²) in [5, 5.41) is 9.12. The average Bonchev–Trinajstić information content (AvgIpc) is 2.05. The fourth-order valence-corrected chi connectivity index (χ4v) is 2.17. The van der Waals surface area contributed by atoms with Crippen molar-refractivity contribution in [1.29, 1.82) is 0 Å². The molecule has 0 fully saturated rings. The van der Waals surface area contributed by atoms with Crippen LogP contribution in [0.2, 0.25) is 0 Å². The molecule has 0 radical (unpaired) electrons. The molecule has 0 saturated carbocycles. The second kappa shape index (κ2) is 7.79. The number of hydrogen-bond donors (Lipinski definition) is 2. The number of benzene rings is 1. The summed E-state index contributed by atoms with van der Waals surface area (Å²) in [5.41, 5.74) is 4.37. The Morgan fingerprint density at radius 2 is 1.44 bits per heavy atom. The molecule has 12 heteroatoms. The van der Waals surface area contributed by atoms with Crippen molar-refractivity contribution in [2.75, 3.05) is 5.73 Å². The van der Waals surface area contributed by atoms with Gasteiger partial charge < -0.3 is 19.9 Å². The van der Waals surface area contributed by atoms with Crippen LogP contribution < -0.4 is 109 Å². The molecule has 18 heavy (non-hydrogen) atoms. The molecular weight excluding hydrogens is 340 g/mol. The first-order valence-corrected chi connectivity index (χ1v) is 6.39. The van der Waals surface area contributed by atoms with Gasteiger partial charge in [-0.15, -0.1) is 0 Å². The molecule has 0 saturated heterocycles. The van der Waals surface area contributed by atoms with Crippen LogP contribution in [-0.4, -0.2) is 31.0 Å². The smallest absolute Gasteiger partial charge is 0.744 e. The van der Waals surface area contributed by atoms with Crippen LogP contribution in [0.25, 0.3) is 0 Å². The molecule has 90 valence electrons. The summed E-state index contributed by atoms with van der Waals surface area (Å²) < 4.78 is 63.6. The summed E-state index contributed by atoms with van der Waals surface area (Å²) in [6.45, 7) is 0. The SMILES string of the molecule is Nc1cc(S(=O)(=O)[O-])cc(S(=O)(=O)[O-])c1O.[K+].[K+]. The largest absolute Gasteiger partial charge is 1.00 e. The number of hydrogen-bond acceptors (Lipinski definition) is 8. The summed E-state index contributed by atoms with van der Waals surface area (Å²) in [6, 6.07) is 0.822. The standard InChI is InChI=1S/C6H7NO7S2.2K/c7-4-1-3(15(9,10)11)2-5(6(4)8)16(12,13)14;;/h1-2,8H,7H2,(H,9,10,11)(H,12,13,14);;/q;2*+1/p-2. The Morgan fingerprint density at radius 3 is 1.78 bits per heavy atom. The maximum Gasteiger partial charge on any atom is 1.00 e. The predicted octanol–water partition coefficient (Wildman–Crippen LogP) is -7.21. The Bertz CT molecular complexity index is 640. The van der Waals surface area contributed by atoms with Crippen LogP contribution in [0.1, 0.15) is 0 Å². The molecule has 1 rings (SSSR count). The van der Waals surface area contributed by atoms with Crippen molar-refractivity contribution in [1.82, 2.24) is 0 Å². The van der Waals surface area contributed by atoms with E-state index in [0.717, 1.165) is 0 Å². The predicted molar refractivity (Wildman–Crippen MR) is 48.4 cm³/mol. The van der Waals surface area contributed by atoms with Crippen LogP contribution in [-0.2, 0) is 20.2 Å². The number of nitrogens with two attached hydrogens (primary N) is 1. The van der Waals surface area contributed by atoms with E-state index in [1.807, 2.05) is 0 Å². The van der Waals surface area contributed by atoms with Crippen LogP contribution in [0.15, 0.2) is 21.9 Å². The summed E-state index contributed by atoms with van der Waals surface area (Å²) >= 11 is 0. The van der Waals surface area contributed by atoms with Gasteiger partial charge in [-0.05, 0) is 12.1 Å².